The molecule has 1 aromatic carbocycles. The molecule has 0 saturated heterocycles. The summed E-state index contributed by atoms with van der Waals surface area (Å²) in [4.78, 5) is 11.5. The van der Waals surface area contributed by atoms with E-state index in [0.29, 0.717) is 12.2 Å². The van der Waals surface area contributed by atoms with Gasteiger partial charge in [-0.15, -0.1) is 0 Å². The van der Waals surface area contributed by atoms with Crippen molar-refractivity contribution in [2.45, 2.75) is 26.7 Å². The lowest BCUT2D eigenvalue weighted by atomic mass is 10.1. The molecule has 1 aromatic rings. The minimum atomic E-state index is -0.468. The van der Waals surface area contributed by atoms with Gasteiger partial charge in [0, 0.05) is 5.56 Å². The van der Waals surface area contributed by atoms with Crippen molar-refractivity contribution in [1.29, 1.82) is 0 Å². The first-order chi connectivity index (χ1) is 8.19. The largest absolute Gasteiger partial charge is 0.462 e. The van der Waals surface area contributed by atoms with Crippen molar-refractivity contribution >= 4 is 12.0 Å². The Kier molecular flexibility index (Phi) is 5.40. The van der Waals surface area contributed by atoms with E-state index in [2.05, 4.69) is 0 Å². The Hall–Kier alpha value is -1.64. The fourth-order valence-corrected chi connectivity index (χ4v) is 1.36. The lowest BCUT2D eigenvalue weighted by Crippen LogP contribution is -2.06. The summed E-state index contributed by atoms with van der Waals surface area (Å²) >= 11 is 0. The molecule has 0 bridgehead atoms. The van der Waals surface area contributed by atoms with Crippen LogP contribution in [0.4, 0.5) is 4.39 Å². The zero-order valence-corrected chi connectivity index (χ0v) is 10.2. The van der Waals surface area contributed by atoms with Crippen molar-refractivity contribution in [2.75, 3.05) is 6.61 Å². The predicted molar refractivity (Wildman–Crippen MR) is 66.3 cm³/mol. The van der Waals surface area contributed by atoms with Gasteiger partial charge in [-0.3, -0.25) is 0 Å². The molecule has 0 aliphatic rings. The molecule has 0 atom stereocenters. The van der Waals surface area contributed by atoms with E-state index >= 15 is 0 Å². The third-order valence-electron chi connectivity index (χ3n) is 2.31. The highest BCUT2D eigenvalue weighted by Gasteiger charge is 2.09. The van der Waals surface area contributed by atoms with E-state index in [9.17, 15) is 9.18 Å². The van der Waals surface area contributed by atoms with Crippen LogP contribution in [0.2, 0.25) is 0 Å². The highest BCUT2D eigenvalue weighted by atomic mass is 19.1. The molecule has 17 heavy (non-hydrogen) atoms. The van der Waals surface area contributed by atoms with Gasteiger partial charge in [0.15, 0.2) is 0 Å². The fourth-order valence-electron chi connectivity index (χ4n) is 1.36. The van der Waals surface area contributed by atoms with Gasteiger partial charge in [-0.2, -0.15) is 0 Å². The number of carbonyl (C=O) groups is 1. The first-order valence-electron chi connectivity index (χ1n) is 5.78. The molecular weight excluding hydrogens is 219 g/mol. The topological polar surface area (TPSA) is 26.3 Å². The molecule has 0 spiro atoms. The van der Waals surface area contributed by atoms with E-state index in [4.69, 9.17) is 4.74 Å². The van der Waals surface area contributed by atoms with Crippen molar-refractivity contribution in [3.05, 3.63) is 41.2 Å². The molecular formula is C14H17FO2. The van der Waals surface area contributed by atoms with E-state index in [1.165, 1.54) is 6.07 Å². The van der Waals surface area contributed by atoms with Gasteiger partial charge in [-0.25, -0.2) is 9.18 Å². The Morgan fingerprint density at radius 2 is 2.24 bits per heavy atom. The molecule has 2 nitrogen and oxygen atoms in total. The second kappa shape index (κ2) is 6.84. The predicted octanol–water partition coefficient (Wildman–Crippen LogP) is 3.82. The van der Waals surface area contributed by atoms with E-state index in [1.54, 1.807) is 24.3 Å². The van der Waals surface area contributed by atoms with Crippen LogP contribution < -0.4 is 0 Å². The molecule has 0 aliphatic heterocycles. The van der Waals surface area contributed by atoms with Gasteiger partial charge in [0.05, 0.1) is 12.2 Å². The van der Waals surface area contributed by atoms with E-state index in [1.807, 2.05) is 13.8 Å². The van der Waals surface area contributed by atoms with E-state index in [-0.39, 0.29) is 5.56 Å². The Morgan fingerprint density at radius 3 is 2.82 bits per heavy atom. The van der Waals surface area contributed by atoms with Gasteiger partial charge in [0.25, 0.3) is 0 Å². The second-order valence-corrected chi connectivity index (χ2v) is 3.73. The molecule has 3 heteroatoms. The molecule has 1 rings (SSSR count). The van der Waals surface area contributed by atoms with Crippen molar-refractivity contribution in [3.63, 3.8) is 0 Å². The number of halogens is 1. The number of hydrogen-bond acceptors (Lipinski definition) is 2. The molecule has 0 radical (unpaired) electrons. The number of ether oxygens (including phenoxy) is 1. The molecule has 0 N–H and O–H groups in total. The van der Waals surface area contributed by atoms with Gasteiger partial charge >= 0.3 is 5.97 Å². The van der Waals surface area contributed by atoms with Crippen molar-refractivity contribution < 1.29 is 13.9 Å². The number of benzene rings is 1. The summed E-state index contributed by atoms with van der Waals surface area (Å²) in [5.41, 5.74) is 0.726. The maximum Gasteiger partial charge on any atom is 0.338 e. The standard InChI is InChI=1S/C14H17FO2/c1-3-5-9-17-14(16)12-8-7-11(6-4-2)13(15)10-12/h4,6-8,10H,3,5,9H2,1-2H3/b6-4+. The van der Waals surface area contributed by atoms with Crippen LogP contribution in [0.5, 0.6) is 0 Å². The fraction of sp³-hybridized carbons (Fsp3) is 0.357. The van der Waals surface area contributed by atoms with Crippen LogP contribution in [0.25, 0.3) is 6.08 Å². The second-order valence-electron chi connectivity index (χ2n) is 3.73. The number of rotatable bonds is 5. The molecule has 0 unspecified atom stereocenters. The van der Waals surface area contributed by atoms with Gasteiger partial charge in [0.2, 0.25) is 0 Å². The summed E-state index contributed by atoms with van der Waals surface area (Å²) < 4.78 is 18.5. The van der Waals surface area contributed by atoms with Crippen LogP contribution in [-0.4, -0.2) is 12.6 Å². The van der Waals surface area contributed by atoms with E-state index in [0.717, 1.165) is 12.8 Å². The number of carbonyl (C=O) groups excluding carboxylic acids is 1. The van der Waals surface area contributed by atoms with Crippen LogP contribution in [0.15, 0.2) is 24.3 Å². The number of unbranched alkanes of at least 4 members (excludes halogenated alkanes) is 1. The average Bonchev–Trinajstić information content (AvgIpc) is 2.32. The Labute approximate surface area is 101 Å². The van der Waals surface area contributed by atoms with Gasteiger partial charge < -0.3 is 4.74 Å². The molecule has 0 amide bonds. The van der Waals surface area contributed by atoms with Crippen molar-refractivity contribution in [3.8, 4) is 0 Å². The first kappa shape index (κ1) is 13.4. The summed E-state index contributed by atoms with van der Waals surface area (Å²) in [5.74, 6) is -0.877. The molecule has 0 aromatic heterocycles. The van der Waals surface area contributed by atoms with Crippen LogP contribution in [0, 0.1) is 5.82 Å². The van der Waals surface area contributed by atoms with Crippen molar-refractivity contribution in [1.82, 2.24) is 0 Å². The van der Waals surface area contributed by atoms with E-state index < -0.39 is 11.8 Å². The number of hydrogen-bond donors (Lipinski definition) is 0. The molecule has 0 heterocycles. The zero-order chi connectivity index (χ0) is 12.7. The number of esters is 1. The Morgan fingerprint density at radius 1 is 1.47 bits per heavy atom. The summed E-state index contributed by atoms with van der Waals surface area (Å²) in [6.07, 6.45) is 5.19. The number of allylic oxidation sites excluding steroid dienone is 1. The zero-order valence-electron chi connectivity index (χ0n) is 10.2. The third kappa shape index (κ3) is 4.02. The normalized spacial score (nSPS) is 10.8. The summed E-state index contributed by atoms with van der Waals surface area (Å²) in [6, 6.07) is 4.36. The summed E-state index contributed by atoms with van der Waals surface area (Å²) in [6.45, 7) is 4.21. The summed E-state index contributed by atoms with van der Waals surface area (Å²) in [7, 11) is 0. The van der Waals surface area contributed by atoms with Gasteiger partial charge in [-0.05, 0) is 25.5 Å². The lowest BCUT2D eigenvalue weighted by Gasteiger charge is -2.04. The third-order valence-corrected chi connectivity index (χ3v) is 2.31. The minimum Gasteiger partial charge on any atom is -0.462 e. The average molecular weight is 236 g/mol. The first-order valence-corrected chi connectivity index (χ1v) is 5.78. The SMILES string of the molecule is C/C=C/c1ccc(C(=O)OCCCC)cc1F. The van der Waals surface area contributed by atoms with Crippen molar-refractivity contribution in [2.24, 2.45) is 0 Å². The van der Waals surface area contributed by atoms with Crippen LogP contribution in [0.1, 0.15) is 42.6 Å². The lowest BCUT2D eigenvalue weighted by molar-refractivity contribution is 0.0499. The maximum absolute atomic E-state index is 13.5. The van der Waals surface area contributed by atoms with Gasteiger partial charge in [-0.1, -0.05) is 31.6 Å². The van der Waals surface area contributed by atoms with Crippen LogP contribution >= 0.6 is 0 Å². The van der Waals surface area contributed by atoms with Crippen LogP contribution in [-0.2, 0) is 4.74 Å². The highest BCUT2D eigenvalue weighted by Crippen LogP contribution is 2.13. The Bertz CT molecular complexity index is 411. The van der Waals surface area contributed by atoms with Gasteiger partial charge in [0.1, 0.15) is 5.82 Å². The monoisotopic (exact) mass is 236 g/mol. The molecule has 92 valence electrons. The molecule has 0 saturated carbocycles. The Balaban J connectivity index is 2.72. The molecule has 0 aliphatic carbocycles. The van der Waals surface area contributed by atoms with Crippen LogP contribution in [0.3, 0.4) is 0 Å². The quantitative estimate of drug-likeness (QED) is 0.574. The highest BCUT2D eigenvalue weighted by molar-refractivity contribution is 5.89. The summed E-state index contributed by atoms with van der Waals surface area (Å²) in [5, 5.41) is 0. The smallest absolute Gasteiger partial charge is 0.338 e. The maximum atomic E-state index is 13.5. The minimum absolute atomic E-state index is 0.256. The molecule has 0 fully saturated rings.